The summed E-state index contributed by atoms with van der Waals surface area (Å²) in [7, 11) is 0. The molecule has 106 valence electrons. The third-order valence-corrected chi connectivity index (χ3v) is 4.44. The van der Waals surface area contributed by atoms with Gasteiger partial charge >= 0.3 is 0 Å². The second kappa shape index (κ2) is 5.56. The van der Waals surface area contributed by atoms with Gasteiger partial charge in [-0.05, 0) is 53.4 Å². The molecule has 0 saturated heterocycles. The average Bonchev–Trinajstić information content (AvgIpc) is 3.06. The van der Waals surface area contributed by atoms with Crippen LogP contribution < -0.4 is 5.32 Å². The average molecular weight is 338 g/mol. The van der Waals surface area contributed by atoms with Gasteiger partial charge in [0.2, 0.25) is 5.95 Å². The van der Waals surface area contributed by atoms with Crippen molar-refractivity contribution in [1.82, 2.24) is 9.55 Å². The second-order valence-corrected chi connectivity index (χ2v) is 6.15. The summed E-state index contributed by atoms with van der Waals surface area (Å²) in [5.74, 6) is 0.535. The summed E-state index contributed by atoms with van der Waals surface area (Å²) in [4.78, 5) is 4.37. The maximum atomic E-state index is 13.8. The number of hydrogen-bond donors (Lipinski definition) is 1. The topological polar surface area (TPSA) is 29.9 Å². The Kier molecular flexibility index (Phi) is 3.78. The molecule has 0 spiro atoms. The summed E-state index contributed by atoms with van der Waals surface area (Å²) in [5.41, 5.74) is 1.83. The van der Waals surface area contributed by atoms with E-state index in [4.69, 9.17) is 0 Å². The fourth-order valence-electron chi connectivity index (χ4n) is 2.75. The molecule has 0 amide bonds. The molecule has 3 nitrogen and oxygen atoms in total. The Hall–Kier alpha value is -1.36. The van der Waals surface area contributed by atoms with Crippen molar-refractivity contribution in [2.24, 2.45) is 0 Å². The molecular formula is C15H17BrFN3. The van der Waals surface area contributed by atoms with Crippen LogP contribution in [0.4, 0.5) is 10.3 Å². The number of aromatic nitrogens is 2. The minimum Gasteiger partial charge on any atom is -0.353 e. The molecule has 0 unspecified atom stereocenters. The van der Waals surface area contributed by atoms with E-state index < -0.39 is 0 Å². The summed E-state index contributed by atoms with van der Waals surface area (Å²) in [6, 6.07) is 3.82. The summed E-state index contributed by atoms with van der Waals surface area (Å²) in [6.45, 7) is 1.97. The first-order chi connectivity index (χ1) is 9.65. The SMILES string of the molecule is Cc1cc(Br)c(F)cc1-n1ccnc1NC1CCCC1. The normalized spacial score (nSPS) is 15.8. The van der Waals surface area contributed by atoms with E-state index in [-0.39, 0.29) is 5.82 Å². The molecule has 1 N–H and O–H groups in total. The van der Waals surface area contributed by atoms with Gasteiger partial charge in [-0.15, -0.1) is 0 Å². The highest BCUT2D eigenvalue weighted by Crippen LogP contribution is 2.27. The predicted octanol–water partition coefficient (Wildman–Crippen LogP) is 4.44. The van der Waals surface area contributed by atoms with Crippen LogP contribution in [0.2, 0.25) is 0 Å². The van der Waals surface area contributed by atoms with Crippen molar-refractivity contribution < 1.29 is 4.39 Å². The minimum absolute atomic E-state index is 0.258. The van der Waals surface area contributed by atoms with Crippen LogP contribution in [0.25, 0.3) is 5.69 Å². The highest BCUT2D eigenvalue weighted by molar-refractivity contribution is 9.10. The van der Waals surface area contributed by atoms with E-state index in [1.807, 2.05) is 17.7 Å². The lowest BCUT2D eigenvalue weighted by Crippen LogP contribution is -2.18. The highest BCUT2D eigenvalue weighted by atomic mass is 79.9. The molecule has 5 heteroatoms. The lowest BCUT2D eigenvalue weighted by Gasteiger charge is -2.16. The van der Waals surface area contributed by atoms with Crippen molar-refractivity contribution >= 4 is 21.9 Å². The van der Waals surface area contributed by atoms with Gasteiger partial charge in [-0.25, -0.2) is 9.37 Å². The lowest BCUT2D eigenvalue weighted by atomic mass is 10.2. The van der Waals surface area contributed by atoms with Gasteiger partial charge in [0.05, 0.1) is 10.2 Å². The number of aryl methyl sites for hydroxylation is 1. The number of nitrogens with zero attached hydrogens (tertiary/aromatic N) is 2. The number of imidazole rings is 1. The van der Waals surface area contributed by atoms with Crippen molar-refractivity contribution in [3.63, 3.8) is 0 Å². The number of benzene rings is 1. The first kappa shape index (κ1) is 13.6. The van der Waals surface area contributed by atoms with Crippen molar-refractivity contribution in [1.29, 1.82) is 0 Å². The van der Waals surface area contributed by atoms with E-state index >= 15 is 0 Å². The fourth-order valence-corrected chi connectivity index (χ4v) is 3.21. The van der Waals surface area contributed by atoms with Crippen LogP contribution in [0, 0.1) is 12.7 Å². The van der Waals surface area contributed by atoms with E-state index in [9.17, 15) is 4.39 Å². The Balaban J connectivity index is 1.94. The lowest BCUT2D eigenvalue weighted by molar-refractivity contribution is 0.619. The van der Waals surface area contributed by atoms with Crippen LogP contribution >= 0.6 is 15.9 Å². The zero-order chi connectivity index (χ0) is 14.1. The largest absolute Gasteiger partial charge is 0.353 e. The summed E-state index contributed by atoms with van der Waals surface area (Å²) < 4.78 is 16.2. The first-order valence-corrected chi connectivity index (χ1v) is 7.70. The van der Waals surface area contributed by atoms with Crippen LogP contribution in [0.5, 0.6) is 0 Å². The molecule has 0 bridgehead atoms. The molecule has 2 aromatic rings. The van der Waals surface area contributed by atoms with Crippen molar-refractivity contribution in [3.05, 3.63) is 40.4 Å². The minimum atomic E-state index is -0.258. The molecule has 1 aliphatic carbocycles. The first-order valence-electron chi connectivity index (χ1n) is 6.91. The van der Waals surface area contributed by atoms with Crippen molar-refractivity contribution in [2.45, 2.75) is 38.6 Å². The summed E-state index contributed by atoms with van der Waals surface area (Å²) in [6.07, 6.45) is 8.51. The smallest absolute Gasteiger partial charge is 0.207 e. The van der Waals surface area contributed by atoms with E-state index in [2.05, 4.69) is 26.2 Å². The molecule has 20 heavy (non-hydrogen) atoms. The van der Waals surface area contributed by atoms with Gasteiger partial charge in [-0.3, -0.25) is 4.57 Å². The molecule has 0 aliphatic heterocycles. The number of halogens is 2. The van der Waals surface area contributed by atoms with Gasteiger partial charge in [0, 0.05) is 18.4 Å². The third-order valence-electron chi connectivity index (χ3n) is 3.83. The van der Waals surface area contributed by atoms with Crippen LogP contribution in [-0.4, -0.2) is 15.6 Å². The zero-order valence-corrected chi connectivity index (χ0v) is 13.0. The number of rotatable bonds is 3. The van der Waals surface area contributed by atoms with Crippen LogP contribution in [0.3, 0.4) is 0 Å². The van der Waals surface area contributed by atoms with E-state index in [0.717, 1.165) is 17.2 Å². The molecule has 0 atom stereocenters. The van der Waals surface area contributed by atoms with Gasteiger partial charge in [0.15, 0.2) is 0 Å². The molecule has 0 radical (unpaired) electrons. The molecule has 1 aromatic heterocycles. The summed E-state index contributed by atoms with van der Waals surface area (Å²) >= 11 is 3.22. The molecule has 3 rings (SSSR count). The van der Waals surface area contributed by atoms with Gasteiger partial charge in [-0.1, -0.05) is 12.8 Å². The molecule has 1 saturated carbocycles. The molecule has 1 aliphatic rings. The molecular weight excluding hydrogens is 321 g/mol. The van der Waals surface area contributed by atoms with Crippen LogP contribution in [0.15, 0.2) is 29.0 Å². The molecule has 1 fully saturated rings. The Morgan fingerprint density at radius 1 is 1.35 bits per heavy atom. The Morgan fingerprint density at radius 3 is 2.85 bits per heavy atom. The van der Waals surface area contributed by atoms with Gasteiger partial charge in [-0.2, -0.15) is 0 Å². The zero-order valence-electron chi connectivity index (χ0n) is 11.4. The highest BCUT2D eigenvalue weighted by Gasteiger charge is 2.18. The van der Waals surface area contributed by atoms with Gasteiger partial charge in [0.1, 0.15) is 5.82 Å². The number of hydrogen-bond acceptors (Lipinski definition) is 2. The van der Waals surface area contributed by atoms with Crippen LogP contribution in [0.1, 0.15) is 31.2 Å². The Morgan fingerprint density at radius 2 is 2.10 bits per heavy atom. The number of anilines is 1. The molecule has 1 heterocycles. The van der Waals surface area contributed by atoms with Crippen LogP contribution in [-0.2, 0) is 0 Å². The van der Waals surface area contributed by atoms with Gasteiger partial charge < -0.3 is 5.32 Å². The third kappa shape index (κ3) is 2.59. The van der Waals surface area contributed by atoms with E-state index in [0.29, 0.717) is 10.5 Å². The maximum Gasteiger partial charge on any atom is 0.207 e. The predicted molar refractivity (Wildman–Crippen MR) is 81.8 cm³/mol. The van der Waals surface area contributed by atoms with Crippen molar-refractivity contribution in [3.8, 4) is 5.69 Å². The summed E-state index contributed by atoms with van der Waals surface area (Å²) in [5, 5.41) is 3.47. The second-order valence-electron chi connectivity index (χ2n) is 5.30. The molecule has 1 aromatic carbocycles. The van der Waals surface area contributed by atoms with E-state index in [1.165, 1.54) is 25.7 Å². The quantitative estimate of drug-likeness (QED) is 0.897. The van der Waals surface area contributed by atoms with E-state index in [1.54, 1.807) is 18.3 Å². The Labute approximate surface area is 126 Å². The Bertz CT molecular complexity index is 618. The monoisotopic (exact) mass is 337 g/mol. The van der Waals surface area contributed by atoms with Gasteiger partial charge in [0.25, 0.3) is 0 Å². The standard InChI is InChI=1S/C15H17BrFN3/c1-10-8-12(16)13(17)9-14(10)20-7-6-18-15(20)19-11-4-2-3-5-11/h6-9,11H,2-5H2,1H3,(H,18,19). The fraction of sp³-hybridized carbons (Fsp3) is 0.400. The maximum absolute atomic E-state index is 13.8. The van der Waals surface area contributed by atoms with Crippen molar-refractivity contribution in [2.75, 3.05) is 5.32 Å². The number of nitrogens with one attached hydrogen (secondary N) is 1.